The molecule has 19 heavy (non-hydrogen) atoms. The van der Waals surface area contributed by atoms with Gasteiger partial charge in [0.2, 0.25) is 0 Å². The van der Waals surface area contributed by atoms with Gasteiger partial charge in [-0.2, -0.15) is 11.8 Å². The van der Waals surface area contributed by atoms with Crippen molar-refractivity contribution in [1.29, 1.82) is 0 Å². The predicted molar refractivity (Wildman–Crippen MR) is 83.6 cm³/mol. The highest BCUT2D eigenvalue weighted by Gasteiger charge is 2.12. The van der Waals surface area contributed by atoms with E-state index in [2.05, 4.69) is 31.5 Å². The lowest BCUT2D eigenvalue weighted by Crippen LogP contribution is -2.22. The molecule has 0 heterocycles. The number of ether oxygens (including phenoxy) is 2. The number of thioether (sulfide) groups is 1. The summed E-state index contributed by atoms with van der Waals surface area (Å²) < 4.78 is 10.6. The monoisotopic (exact) mass is 283 g/mol. The van der Waals surface area contributed by atoms with Crippen molar-refractivity contribution in [1.82, 2.24) is 5.32 Å². The van der Waals surface area contributed by atoms with Crippen LogP contribution in [0.15, 0.2) is 18.2 Å². The molecule has 0 fully saturated rings. The van der Waals surface area contributed by atoms with Gasteiger partial charge in [-0.15, -0.1) is 0 Å². The third-order valence-corrected chi connectivity index (χ3v) is 4.35. The second kappa shape index (κ2) is 8.33. The van der Waals surface area contributed by atoms with Crippen LogP contribution < -0.4 is 14.8 Å². The van der Waals surface area contributed by atoms with Gasteiger partial charge in [-0.1, -0.05) is 13.0 Å². The molecular formula is C15H25NO2S. The maximum absolute atomic E-state index is 5.43. The van der Waals surface area contributed by atoms with E-state index in [0.717, 1.165) is 18.0 Å². The van der Waals surface area contributed by atoms with Crippen molar-refractivity contribution in [2.45, 2.75) is 31.6 Å². The van der Waals surface area contributed by atoms with E-state index in [0.29, 0.717) is 5.25 Å². The normalized spacial score (nSPS) is 13.9. The molecule has 0 saturated carbocycles. The first-order chi connectivity index (χ1) is 9.12. The summed E-state index contributed by atoms with van der Waals surface area (Å²) in [7, 11) is 3.36. The summed E-state index contributed by atoms with van der Waals surface area (Å²) in [6.07, 6.45) is 3.32. The molecule has 0 spiro atoms. The molecule has 1 N–H and O–H groups in total. The number of methoxy groups -OCH3 is 2. The number of rotatable bonds is 8. The second-order valence-electron chi connectivity index (χ2n) is 4.62. The molecule has 0 saturated heterocycles. The van der Waals surface area contributed by atoms with Gasteiger partial charge in [0.25, 0.3) is 0 Å². The van der Waals surface area contributed by atoms with Crippen LogP contribution in [0.5, 0.6) is 11.5 Å². The Morgan fingerprint density at radius 3 is 2.53 bits per heavy atom. The molecule has 0 bridgehead atoms. The average molecular weight is 283 g/mol. The van der Waals surface area contributed by atoms with Crippen molar-refractivity contribution in [2.24, 2.45) is 0 Å². The van der Waals surface area contributed by atoms with Crippen molar-refractivity contribution >= 4 is 11.8 Å². The summed E-state index contributed by atoms with van der Waals surface area (Å²) >= 11 is 1.90. The van der Waals surface area contributed by atoms with Crippen LogP contribution in [-0.2, 0) is 0 Å². The van der Waals surface area contributed by atoms with Crippen molar-refractivity contribution in [2.75, 3.05) is 27.0 Å². The Balaban J connectivity index is 2.63. The molecular weight excluding hydrogens is 258 g/mol. The van der Waals surface area contributed by atoms with Gasteiger partial charge in [-0.25, -0.2) is 0 Å². The summed E-state index contributed by atoms with van der Waals surface area (Å²) in [5.74, 6) is 1.70. The molecule has 1 rings (SSSR count). The molecule has 0 radical (unpaired) electrons. The minimum absolute atomic E-state index is 0.273. The topological polar surface area (TPSA) is 30.5 Å². The van der Waals surface area contributed by atoms with Gasteiger partial charge < -0.3 is 14.8 Å². The van der Waals surface area contributed by atoms with Crippen LogP contribution in [0.4, 0.5) is 0 Å². The van der Waals surface area contributed by atoms with E-state index in [4.69, 9.17) is 9.47 Å². The second-order valence-corrected chi connectivity index (χ2v) is 5.89. The van der Waals surface area contributed by atoms with Gasteiger partial charge >= 0.3 is 0 Å². The van der Waals surface area contributed by atoms with Crippen molar-refractivity contribution < 1.29 is 9.47 Å². The lowest BCUT2D eigenvalue weighted by atomic mass is 10.1. The van der Waals surface area contributed by atoms with E-state index in [9.17, 15) is 0 Å². The fourth-order valence-corrected chi connectivity index (χ4v) is 2.26. The fraction of sp³-hybridized carbons (Fsp3) is 0.600. The molecule has 1 aromatic rings. The Morgan fingerprint density at radius 1 is 1.21 bits per heavy atom. The van der Waals surface area contributed by atoms with Crippen LogP contribution in [0, 0.1) is 0 Å². The zero-order chi connectivity index (χ0) is 14.3. The quantitative estimate of drug-likeness (QED) is 0.791. The molecule has 1 aromatic carbocycles. The summed E-state index contributed by atoms with van der Waals surface area (Å²) in [5.41, 5.74) is 1.17. The molecule has 2 atom stereocenters. The van der Waals surface area contributed by atoms with Gasteiger partial charge in [-0.05, 0) is 32.2 Å². The van der Waals surface area contributed by atoms with E-state index >= 15 is 0 Å². The molecule has 0 aliphatic heterocycles. The Hall–Kier alpha value is -0.870. The van der Waals surface area contributed by atoms with Gasteiger partial charge in [0, 0.05) is 22.9 Å². The van der Waals surface area contributed by atoms with Crippen molar-refractivity contribution in [3.8, 4) is 11.5 Å². The summed E-state index contributed by atoms with van der Waals surface area (Å²) in [4.78, 5) is 0. The van der Waals surface area contributed by atoms with Crippen LogP contribution in [-0.4, -0.2) is 32.3 Å². The molecule has 0 aliphatic rings. The largest absolute Gasteiger partial charge is 0.497 e. The number of benzene rings is 1. The SMILES string of the molecule is COc1ccc(C(C)NCCC(C)SC)c(OC)c1. The minimum atomic E-state index is 0.273. The minimum Gasteiger partial charge on any atom is -0.497 e. The number of nitrogens with one attached hydrogen (secondary N) is 1. The third kappa shape index (κ3) is 4.96. The lowest BCUT2D eigenvalue weighted by Gasteiger charge is -2.19. The van der Waals surface area contributed by atoms with Crippen LogP contribution in [0.25, 0.3) is 0 Å². The standard InChI is InChI=1S/C15H25NO2S/c1-11(19-5)8-9-16-12(2)14-7-6-13(17-3)10-15(14)18-4/h6-7,10-12,16H,8-9H2,1-5H3. The van der Waals surface area contributed by atoms with Crippen LogP contribution in [0.1, 0.15) is 31.9 Å². The fourth-order valence-electron chi connectivity index (χ4n) is 1.91. The first kappa shape index (κ1) is 16.2. The highest BCUT2D eigenvalue weighted by molar-refractivity contribution is 7.99. The molecule has 108 valence electrons. The summed E-state index contributed by atoms with van der Waals surface area (Å²) in [5, 5.41) is 4.23. The highest BCUT2D eigenvalue weighted by Crippen LogP contribution is 2.29. The Morgan fingerprint density at radius 2 is 1.95 bits per heavy atom. The highest BCUT2D eigenvalue weighted by atomic mass is 32.2. The first-order valence-electron chi connectivity index (χ1n) is 6.60. The van der Waals surface area contributed by atoms with Crippen LogP contribution in [0.2, 0.25) is 0 Å². The van der Waals surface area contributed by atoms with E-state index in [1.807, 2.05) is 23.9 Å². The van der Waals surface area contributed by atoms with Crippen LogP contribution >= 0.6 is 11.8 Å². The molecule has 0 amide bonds. The molecule has 2 unspecified atom stereocenters. The molecule has 3 nitrogen and oxygen atoms in total. The Kier molecular flexibility index (Phi) is 7.10. The summed E-state index contributed by atoms with van der Waals surface area (Å²) in [6, 6.07) is 6.24. The van der Waals surface area contributed by atoms with E-state index < -0.39 is 0 Å². The van der Waals surface area contributed by atoms with Crippen molar-refractivity contribution in [3.05, 3.63) is 23.8 Å². The smallest absolute Gasteiger partial charge is 0.127 e. The van der Waals surface area contributed by atoms with E-state index in [1.165, 1.54) is 12.0 Å². The van der Waals surface area contributed by atoms with Gasteiger partial charge in [0.1, 0.15) is 11.5 Å². The molecule has 0 aromatic heterocycles. The van der Waals surface area contributed by atoms with Gasteiger partial charge in [0.15, 0.2) is 0 Å². The lowest BCUT2D eigenvalue weighted by molar-refractivity contribution is 0.386. The Labute approximate surface area is 121 Å². The van der Waals surface area contributed by atoms with E-state index in [-0.39, 0.29) is 6.04 Å². The molecule has 4 heteroatoms. The first-order valence-corrected chi connectivity index (χ1v) is 7.89. The van der Waals surface area contributed by atoms with Crippen molar-refractivity contribution in [3.63, 3.8) is 0 Å². The maximum Gasteiger partial charge on any atom is 0.127 e. The van der Waals surface area contributed by atoms with Gasteiger partial charge in [0.05, 0.1) is 14.2 Å². The number of hydrogen-bond donors (Lipinski definition) is 1. The Bertz CT molecular complexity index is 384. The molecule has 0 aliphatic carbocycles. The van der Waals surface area contributed by atoms with Crippen LogP contribution in [0.3, 0.4) is 0 Å². The number of hydrogen-bond acceptors (Lipinski definition) is 4. The third-order valence-electron chi connectivity index (χ3n) is 3.31. The zero-order valence-electron chi connectivity index (χ0n) is 12.5. The average Bonchev–Trinajstić information content (AvgIpc) is 2.45. The predicted octanol–water partition coefficient (Wildman–Crippen LogP) is 3.50. The maximum atomic E-state index is 5.43. The van der Waals surface area contributed by atoms with Gasteiger partial charge in [-0.3, -0.25) is 0 Å². The zero-order valence-corrected chi connectivity index (χ0v) is 13.3. The summed E-state index contributed by atoms with van der Waals surface area (Å²) in [6.45, 7) is 5.43. The van der Waals surface area contributed by atoms with E-state index in [1.54, 1.807) is 14.2 Å².